The van der Waals surface area contributed by atoms with Gasteiger partial charge in [-0.25, -0.2) is 4.99 Å². The molecule has 3 aromatic rings. The molecule has 0 bridgehead atoms. The monoisotopic (exact) mass is 573 g/mol. The van der Waals surface area contributed by atoms with E-state index in [1.54, 1.807) is 0 Å². The maximum Gasteiger partial charge on any atom is 0.192 e. The van der Waals surface area contributed by atoms with Crippen molar-refractivity contribution in [1.82, 2.24) is 25.4 Å². The van der Waals surface area contributed by atoms with E-state index in [2.05, 4.69) is 68.2 Å². The Bertz CT molecular complexity index is 1120. The van der Waals surface area contributed by atoms with Gasteiger partial charge in [-0.05, 0) is 31.5 Å². The first-order valence-corrected chi connectivity index (χ1v) is 11.6. The van der Waals surface area contributed by atoms with Crippen molar-refractivity contribution in [2.75, 3.05) is 24.6 Å². The van der Waals surface area contributed by atoms with Gasteiger partial charge in [0.2, 0.25) is 0 Å². The zero-order valence-corrected chi connectivity index (χ0v) is 22.0. The summed E-state index contributed by atoms with van der Waals surface area (Å²) in [7, 11) is 1.98. The summed E-state index contributed by atoms with van der Waals surface area (Å²) >= 11 is 0. The van der Waals surface area contributed by atoms with Crippen LogP contribution in [0, 0.1) is 6.92 Å². The Hall–Kier alpha value is -2.82. The maximum atomic E-state index is 5.85. The number of hydrogen-bond acceptors (Lipinski definition) is 5. The molecule has 2 N–H and O–H groups in total. The summed E-state index contributed by atoms with van der Waals surface area (Å²) in [5.41, 5.74) is 2.44. The molecule has 3 heterocycles. The molecule has 0 spiro atoms. The van der Waals surface area contributed by atoms with E-state index in [4.69, 9.17) is 9.73 Å². The van der Waals surface area contributed by atoms with E-state index in [9.17, 15) is 0 Å². The normalized spacial score (nSPS) is 19.7. The van der Waals surface area contributed by atoms with Crippen LogP contribution in [0.15, 0.2) is 59.6 Å². The summed E-state index contributed by atoms with van der Waals surface area (Å²) in [6, 6.07) is 19.3. The number of hydrogen-bond donors (Lipinski definition) is 2. The largest absolute Gasteiger partial charge is 0.493 e. The molecule has 2 unspecified atom stereocenters. The second-order valence-corrected chi connectivity index (χ2v) is 8.67. The number of aromatic nitrogens is 3. The maximum absolute atomic E-state index is 5.85. The first-order chi connectivity index (χ1) is 16.2. The van der Waals surface area contributed by atoms with Gasteiger partial charge in [0.25, 0.3) is 0 Å². The van der Waals surface area contributed by atoms with E-state index in [0.717, 1.165) is 49.3 Å². The third-order valence-electron chi connectivity index (χ3n) is 6.48. The van der Waals surface area contributed by atoms with Gasteiger partial charge in [0.1, 0.15) is 18.1 Å². The first-order valence-electron chi connectivity index (χ1n) is 11.6. The summed E-state index contributed by atoms with van der Waals surface area (Å²) in [4.78, 5) is 7.33. The van der Waals surface area contributed by atoms with Gasteiger partial charge in [-0.2, -0.15) is 0 Å². The van der Waals surface area contributed by atoms with E-state index in [-0.39, 0.29) is 30.0 Å². The molecular weight excluding hydrogens is 541 g/mol. The molecule has 1 saturated heterocycles. The van der Waals surface area contributed by atoms with Crippen LogP contribution in [0.5, 0.6) is 5.75 Å². The highest BCUT2D eigenvalue weighted by Crippen LogP contribution is 2.31. The lowest BCUT2D eigenvalue weighted by molar-refractivity contribution is 0.261. The van der Waals surface area contributed by atoms with Crippen molar-refractivity contribution in [3.63, 3.8) is 0 Å². The van der Waals surface area contributed by atoms with Gasteiger partial charge in [-0.3, -0.25) is 0 Å². The third kappa shape index (κ3) is 5.45. The average molecular weight is 573 g/mol. The number of ether oxygens (including phenoxy) is 1. The van der Waals surface area contributed by atoms with E-state index in [1.165, 1.54) is 11.3 Å². The highest BCUT2D eigenvalue weighted by Gasteiger charge is 2.26. The van der Waals surface area contributed by atoms with Gasteiger partial charge >= 0.3 is 0 Å². The number of nitrogens with one attached hydrogen (secondary N) is 2. The van der Waals surface area contributed by atoms with Crippen LogP contribution >= 0.6 is 24.0 Å². The van der Waals surface area contributed by atoms with Crippen molar-refractivity contribution in [3.05, 3.63) is 71.8 Å². The molecular formula is C25H32IN7O. The fraction of sp³-hybridized carbons (Fsp3) is 0.400. The number of halogens is 1. The van der Waals surface area contributed by atoms with Crippen LogP contribution in [0.4, 0.5) is 5.69 Å². The highest BCUT2D eigenvalue weighted by atomic mass is 127. The van der Waals surface area contributed by atoms with Gasteiger partial charge in [0.05, 0.1) is 12.6 Å². The molecule has 2 aliphatic heterocycles. The second-order valence-electron chi connectivity index (χ2n) is 8.67. The zero-order valence-electron chi connectivity index (χ0n) is 19.6. The van der Waals surface area contributed by atoms with E-state index in [1.807, 2.05) is 30.7 Å². The predicted octanol–water partition coefficient (Wildman–Crippen LogP) is 3.58. The van der Waals surface area contributed by atoms with Crippen LogP contribution in [0.3, 0.4) is 0 Å². The minimum Gasteiger partial charge on any atom is -0.493 e. The molecule has 2 atom stereocenters. The van der Waals surface area contributed by atoms with Crippen molar-refractivity contribution < 1.29 is 4.74 Å². The number of rotatable bonds is 5. The number of benzene rings is 2. The molecule has 1 aromatic heterocycles. The molecule has 9 heteroatoms. The molecule has 0 saturated carbocycles. The number of aliphatic imine (C=N–C) groups is 1. The average Bonchev–Trinajstić information content (AvgIpc) is 3.45. The van der Waals surface area contributed by atoms with Crippen LogP contribution in [-0.4, -0.2) is 46.5 Å². The van der Waals surface area contributed by atoms with E-state index >= 15 is 0 Å². The molecule has 8 nitrogen and oxygen atoms in total. The Morgan fingerprint density at radius 3 is 2.65 bits per heavy atom. The topological polar surface area (TPSA) is 79.6 Å². The Kier molecular flexibility index (Phi) is 7.91. The standard InChI is InChI=1S/C25H31N7O.HI/c1-18-29-30-24(31(18)2)16-26-25(28-22-13-15-33-23-11-7-6-10-21(22)23)27-19-12-14-32(17-19)20-8-4-3-5-9-20;/h3-11,19,22H,12-17H2,1-2H3,(H2,26,27,28);1H. The summed E-state index contributed by atoms with van der Waals surface area (Å²) in [5, 5.41) is 15.8. The van der Waals surface area contributed by atoms with Crippen LogP contribution < -0.4 is 20.3 Å². The molecule has 34 heavy (non-hydrogen) atoms. The molecule has 2 aromatic carbocycles. The number of anilines is 1. The lowest BCUT2D eigenvalue weighted by atomic mass is 10.0. The van der Waals surface area contributed by atoms with Crippen LogP contribution in [0.1, 0.15) is 36.1 Å². The molecule has 0 amide bonds. The van der Waals surface area contributed by atoms with E-state index < -0.39 is 0 Å². The van der Waals surface area contributed by atoms with Crippen LogP contribution in [0.2, 0.25) is 0 Å². The molecule has 180 valence electrons. The van der Waals surface area contributed by atoms with Crippen molar-refractivity contribution >= 4 is 35.6 Å². The van der Waals surface area contributed by atoms with Crippen LogP contribution in [-0.2, 0) is 13.6 Å². The Balaban J connectivity index is 0.00000274. The van der Waals surface area contributed by atoms with Gasteiger partial charge in [-0.15, -0.1) is 34.2 Å². The smallest absolute Gasteiger partial charge is 0.192 e. The second kappa shape index (κ2) is 11.1. The summed E-state index contributed by atoms with van der Waals surface area (Å²) in [6.45, 7) is 5.07. The Morgan fingerprint density at radius 1 is 1.06 bits per heavy atom. The van der Waals surface area contributed by atoms with Crippen molar-refractivity contribution in [1.29, 1.82) is 0 Å². The number of nitrogens with zero attached hydrogens (tertiary/aromatic N) is 5. The third-order valence-corrected chi connectivity index (χ3v) is 6.48. The van der Waals surface area contributed by atoms with Gasteiger partial charge in [0, 0.05) is 43.9 Å². The van der Waals surface area contributed by atoms with Gasteiger partial charge in [-0.1, -0.05) is 36.4 Å². The summed E-state index contributed by atoms with van der Waals surface area (Å²) in [5.74, 6) is 3.48. The Labute approximate surface area is 217 Å². The van der Waals surface area contributed by atoms with Crippen LogP contribution in [0.25, 0.3) is 0 Å². The van der Waals surface area contributed by atoms with Crippen molar-refractivity contribution in [3.8, 4) is 5.75 Å². The van der Waals surface area contributed by atoms with Crippen molar-refractivity contribution in [2.24, 2.45) is 12.0 Å². The Morgan fingerprint density at radius 2 is 1.85 bits per heavy atom. The summed E-state index contributed by atoms with van der Waals surface area (Å²) in [6.07, 6.45) is 1.95. The number of guanidine groups is 1. The quantitative estimate of drug-likeness (QED) is 0.276. The SMILES string of the molecule is Cc1nnc(CN=C(NC2CCN(c3ccccc3)C2)NC2CCOc3ccccc32)n1C.I. The molecule has 2 aliphatic rings. The number of para-hydroxylation sites is 2. The fourth-order valence-corrected chi connectivity index (χ4v) is 4.47. The molecule has 0 radical (unpaired) electrons. The molecule has 5 rings (SSSR count). The number of aryl methyl sites for hydroxylation is 1. The predicted molar refractivity (Wildman–Crippen MR) is 145 cm³/mol. The molecule has 1 fully saturated rings. The molecule has 0 aliphatic carbocycles. The van der Waals surface area contributed by atoms with Gasteiger partial charge < -0.3 is 24.8 Å². The van der Waals surface area contributed by atoms with Gasteiger partial charge in [0.15, 0.2) is 11.8 Å². The van der Waals surface area contributed by atoms with Crippen molar-refractivity contribution in [2.45, 2.75) is 38.4 Å². The first kappa shape index (κ1) is 24.3. The zero-order chi connectivity index (χ0) is 22.6. The minimum atomic E-state index is 0. The number of fused-ring (bicyclic) bond motifs is 1. The lowest BCUT2D eigenvalue weighted by Crippen LogP contribution is -2.46. The lowest BCUT2D eigenvalue weighted by Gasteiger charge is -2.29. The highest BCUT2D eigenvalue weighted by molar-refractivity contribution is 14.0. The van der Waals surface area contributed by atoms with E-state index in [0.29, 0.717) is 19.2 Å². The summed E-state index contributed by atoms with van der Waals surface area (Å²) < 4.78 is 7.83. The minimum absolute atomic E-state index is 0. The fourth-order valence-electron chi connectivity index (χ4n) is 4.47.